The molecule has 2 atom stereocenters. The third-order valence-corrected chi connectivity index (χ3v) is 4.37. The van der Waals surface area contributed by atoms with Crippen molar-refractivity contribution in [3.05, 3.63) is 35.9 Å². The molecule has 21 heavy (non-hydrogen) atoms. The highest BCUT2D eigenvalue weighted by atomic mass is 32.2. The number of thioether (sulfide) groups is 1. The topological polar surface area (TPSA) is 49.4 Å². The Bertz CT molecular complexity index is 492. The van der Waals surface area contributed by atoms with E-state index in [1.165, 1.54) is 0 Å². The van der Waals surface area contributed by atoms with Crippen LogP contribution in [0.5, 0.6) is 0 Å². The Labute approximate surface area is 130 Å². The van der Waals surface area contributed by atoms with Gasteiger partial charge in [-0.25, -0.2) is 0 Å². The number of nitrogens with one attached hydrogen (secondary N) is 1. The van der Waals surface area contributed by atoms with E-state index in [0.717, 1.165) is 11.3 Å². The summed E-state index contributed by atoms with van der Waals surface area (Å²) in [5, 5.41) is 2.89. The minimum absolute atomic E-state index is 0.0286. The van der Waals surface area contributed by atoms with E-state index >= 15 is 0 Å². The second-order valence-corrected chi connectivity index (χ2v) is 6.18. The lowest BCUT2D eigenvalue weighted by atomic mass is 9.99. The summed E-state index contributed by atoms with van der Waals surface area (Å²) in [4.78, 5) is 26.6. The van der Waals surface area contributed by atoms with E-state index in [-0.39, 0.29) is 17.9 Å². The van der Waals surface area contributed by atoms with Crippen molar-refractivity contribution in [1.82, 2.24) is 10.2 Å². The number of rotatable bonds is 6. The van der Waals surface area contributed by atoms with Crippen molar-refractivity contribution in [3.8, 4) is 0 Å². The van der Waals surface area contributed by atoms with Gasteiger partial charge < -0.3 is 10.2 Å². The van der Waals surface area contributed by atoms with Gasteiger partial charge in [-0.2, -0.15) is 11.8 Å². The maximum Gasteiger partial charge on any atom is 0.246 e. The van der Waals surface area contributed by atoms with Gasteiger partial charge in [0.05, 0.1) is 0 Å². The quantitative estimate of drug-likeness (QED) is 0.870. The standard InChI is InChI=1S/C16H22N2O2S/c1-3-14-15(19)17-13(11-12-7-5-4-6-8-12)16(20)18(14)9-10-21-2/h4-8,13-14H,3,9-11H2,1-2H3,(H,17,19). The molecule has 1 N–H and O–H groups in total. The molecule has 4 nitrogen and oxygen atoms in total. The van der Waals surface area contributed by atoms with Gasteiger partial charge in [-0.1, -0.05) is 37.3 Å². The lowest BCUT2D eigenvalue weighted by Gasteiger charge is -2.38. The molecule has 0 spiro atoms. The third-order valence-electron chi connectivity index (χ3n) is 3.78. The predicted octanol–water partition coefficient (Wildman–Crippen LogP) is 1.70. The first-order chi connectivity index (χ1) is 10.2. The fourth-order valence-corrected chi connectivity index (χ4v) is 3.05. The predicted molar refractivity (Wildman–Crippen MR) is 86.3 cm³/mol. The monoisotopic (exact) mass is 306 g/mol. The summed E-state index contributed by atoms with van der Waals surface area (Å²) in [6.07, 6.45) is 3.22. The van der Waals surface area contributed by atoms with Gasteiger partial charge in [0.1, 0.15) is 12.1 Å². The molecule has 0 saturated carbocycles. The van der Waals surface area contributed by atoms with Crippen molar-refractivity contribution in [2.45, 2.75) is 31.8 Å². The largest absolute Gasteiger partial charge is 0.342 e. The molecule has 114 valence electrons. The molecule has 1 heterocycles. The summed E-state index contributed by atoms with van der Waals surface area (Å²) in [6.45, 7) is 2.58. The van der Waals surface area contributed by atoms with Crippen LogP contribution in [0.25, 0.3) is 0 Å². The first-order valence-electron chi connectivity index (χ1n) is 7.31. The zero-order chi connectivity index (χ0) is 15.2. The molecule has 1 fully saturated rings. The molecule has 1 saturated heterocycles. The zero-order valence-corrected chi connectivity index (χ0v) is 13.4. The van der Waals surface area contributed by atoms with Crippen molar-refractivity contribution in [1.29, 1.82) is 0 Å². The van der Waals surface area contributed by atoms with Gasteiger partial charge in [0.2, 0.25) is 11.8 Å². The average Bonchev–Trinajstić information content (AvgIpc) is 2.50. The Balaban J connectivity index is 2.12. The van der Waals surface area contributed by atoms with Crippen molar-refractivity contribution in [2.75, 3.05) is 18.6 Å². The van der Waals surface area contributed by atoms with Crippen LogP contribution in [0.15, 0.2) is 30.3 Å². The highest BCUT2D eigenvalue weighted by Gasteiger charge is 2.38. The Morgan fingerprint density at radius 1 is 1.24 bits per heavy atom. The summed E-state index contributed by atoms with van der Waals surface area (Å²) in [7, 11) is 0. The smallest absolute Gasteiger partial charge is 0.246 e. The number of carbonyl (C=O) groups excluding carboxylic acids is 2. The molecule has 0 radical (unpaired) electrons. The summed E-state index contributed by atoms with van der Waals surface area (Å²) < 4.78 is 0. The number of amides is 2. The average molecular weight is 306 g/mol. The number of hydrogen-bond donors (Lipinski definition) is 1. The zero-order valence-electron chi connectivity index (χ0n) is 12.5. The summed E-state index contributed by atoms with van der Waals surface area (Å²) in [5.74, 6) is 0.867. The molecule has 1 aromatic carbocycles. The Kier molecular flexibility index (Phi) is 5.67. The number of hydrogen-bond acceptors (Lipinski definition) is 3. The van der Waals surface area contributed by atoms with Gasteiger partial charge in [0.25, 0.3) is 0 Å². The molecular weight excluding hydrogens is 284 g/mol. The van der Waals surface area contributed by atoms with Gasteiger partial charge in [-0.05, 0) is 18.2 Å². The van der Waals surface area contributed by atoms with Gasteiger partial charge in [0, 0.05) is 18.7 Å². The number of benzene rings is 1. The molecule has 5 heteroatoms. The molecular formula is C16H22N2O2S. The molecule has 1 aromatic rings. The Morgan fingerprint density at radius 3 is 2.57 bits per heavy atom. The maximum atomic E-state index is 12.7. The van der Waals surface area contributed by atoms with Crippen LogP contribution in [0, 0.1) is 0 Å². The Hall–Kier alpha value is -1.49. The highest BCUT2D eigenvalue weighted by Crippen LogP contribution is 2.16. The van der Waals surface area contributed by atoms with Crippen molar-refractivity contribution < 1.29 is 9.59 Å². The van der Waals surface area contributed by atoms with E-state index in [0.29, 0.717) is 19.4 Å². The fraction of sp³-hybridized carbons (Fsp3) is 0.500. The van der Waals surface area contributed by atoms with Crippen molar-refractivity contribution in [3.63, 3.8) is 0 Å². The SMILES string of the molecule is CCC1C(=O)NC(Cc2ccccc2)C(=O)N1CCSC. The first-order valence-corrected chi connectivity index (χ1v) is 8.70. The van der Waals surface area contributed by atoms with E-state index in [1.54, 1.807) is 16.7 Å². The number of nitrogens with zero attached hydrogens (tertiary/aromatic N) is 1. The molecule has 1 aliphatic rings. The van der Waals surface area contributed by atoms with Gasteiger partial charge in [0.15, 0.2) is 0 Å². The van der Waals surface area contributed by atoms with Crippen LogP contribution < -0.4 is 5.32 Å². The minimum atomic E-state index is -0.440. The highest BCUT2D eigenvalue weighted by molar-refractivity contribution is 7.98. The van der Waals surface area contributed by atoms with Crippen LogP contribution in [-0.4, -0.2) is 47.4 Å². The van der Waals surface area contributed by atoms with E-state index in [1.807, 2.05) is 43.5 Å². The second-order valence-electron chi connectivity index (χ2n) is 5.20. The van der Waals surface area contributed by atoms with Crippen LogP contribution in [0.1, 0.15) is 18.9 Å². The molecule has 2 amide bonds. The van der Waals surface area contributed by atoms with Crippen LogP contribution in [0.2, 0.25) is 0 Å². The van der Waals surface area contributed by atoms with Crippen LogP contribution in [0.3, 0.4) is 0 Å². The molecule has 2 rings (SSSR count). The second kappa shape index (κ2) is 7.50. The summed E-state index contributed by atoms with van der Waals surface area (Å²) in [6, 6.07) is 9.05. The van der Waals surface area contributed by atoms with Gasteiger partial charge in [-0.3, -0.25) is 9.59 Å². The molecule has 0 aliphatic carbocycles. The summed E-state index contributed by atoms with van der Waals surface area (Å²) in [5.41, 5.74) is 1.07. The normalized spacial score (nSPS) is 22.3. The molecule has 0 bridgehead atoms. The molecule has 1 aliphatic heterocycles. The van der Waals surface area contributed by atoms with E-state index in [2.05, 4.69) is 5.32 Å². The maximum absolute atomic E-state index is 12.7. The molecule has 2 unspecified atom stereocenters. The molecule has 0 aromatic heterocycles. The van der Waals surface area contributed by atoms with E-state index < -0.39 is 6.04 Å². The minimum Gasteiger partial charge on any atom is -0.342 e. The van der Waals surface area contributed by atoms with Crippen molar-refractivity contribution >= 4 is 23.6 Å². The lowest BCUT2D eigenvalue weighted by molar-refractivity contribution is -0.149. The number of piperazine rings is 1. The van der Waals surface area contributed by atoms with Crippen molar-refractivity contribution in [2.24, 2.45) is 0 Å². The first kappa shape index (κ1) is 15.9. The van der Waals surface area contributed by atoms with E-state index in [4.69, 9.17) is 0 Å². The fourth-order valence-electron chi connectivity index (χ4n) is 2.67. The lowest BCUT2D eigenvalue weighted by Crippen LogP contribution is -2.64. The van der Waals surface area contributed by atoms with Gasteiger partial charge in [-0.15, -0.1) is 0 Å². The Morgan fingerprint density at radius 2 is 1.95 bits per heavy atom. The third kappa shape index (κ3) is 3.79. The summed E-state index contributed by atoms with van der Waals surface area (Å²) >= 11 is 1.69. The van der Waals surface area contributed by atoms with Crippen LogP contribution in [-0.2, 0) is 16.0 Å². The van der Waals surface area contributed by atoms with Crippen LogP contribution >= 0.6 is 11.8 Å². The van der Waals surface area contributed by atoms with E-state index in [9.17, 15) is 9.59 Å². The van der Waals surface area contributed by atoms with Gasteiger partial charge >= 0.3 is 0 Å². The van der Waals surface area contributed by atoms with Crippen LogP contribution in [0.4, 0.5) is 0 Å². The number of carbonyl (C=O) groups is 2.